The summed E-state index contributed by atoms with van der Waals surface area (Å²) < 4.78 is 0. The lowest BCUT2D eigenvalue weighted by Gasteiger charge is -2.45. The third kappa shape index (κ3) is 2.14. The van der Waals surface area contributed by atoms with Crippen molar-refractivity contribution in [1.82, 2.24) is 15.2 Å². The highest BCUT2D eigenvalue weighted by Gasteiger charge is 2.33. The maximum atomic E-state index is 4.50. The summed E-state index contributed by atoms with van der Waals surface area (Å²) in [5.41, 5.74) is 1.15. The zero-order valence-corrected chi connectivity index (χ0v) is 10.6. The Kier molecular flexibility index (Phi) is 2.96. The summed E-state index contributed by atoms with van der Waals surface area (Å²) in [6, 6.07) is 0.701. The minimum absolute atomic E-state index is 0.701. The first-order valence-corrected chi connectivity index (χ1v) is 7.06. The van der Waals surface area contributed by atoms with Gasteiger partial charge in [-0.3, -0.25) is 0 Å². The molecule has 0 saturated carbocycles. The van der Waals surface area contributed by atoms with Gasteiger partial charge < -0.3 is 10.2 Å². The number of piperidine rings is 3. The lowest BCUT2D eigenvalue weighted by Crippen LogP contribution is -2.55. The molecule has 1 atom stereocenters. The third-order valence-corrected chi connectivity index (χ3v) is 4.80. The van der Waals surface area contributed by atoms with E-state index in [0.29, 0.717) is 6.04 Å². The first-order valence-electron chi connectivity index (χ1n) is 6.18. The van der Waals surface area contributed by atoms with Gasteiger partial charge in [0.2, 0.25) is 0 Å². The molecule has 3 saturated heterocycles. The van der Waals surface area contributed by atoms with Crippen LogP contribution < -0.4 is 5.32 Å². The average Bonchev–Trinajstić information content (AvgIpc) is 2.74. The van der Waals surface area contributed by atoms with E-state index in [9.17, 15) is 0 Å². The second-order valence-corrected chi connectivity index (χ2v) is 5.95. The van der Waals surface area contributed by atoms with Crippen LogP contribution in [0, 0.1) is 12.8 Å². The topological polar surface area (TPSA) is 28.2 Å². The highest BCUT2D eigenvalue weighted by atomic mass is 32.1. The predicted molar refractivity (Wildman–Crippen MR) is 66.6 cm³/mol. The molecule has 0 aromatic carbocycles. The number of hydrogen-bond acceptors (Lipinski definition) is 4. The van der Waals surface area contributed by atoms with Gasteiger partial charge in [0.25, 0.3) is 0 Å². The Labute approximate surface area is 101 Å². The van der Waals surface area contributed by atoms with E-state index in [0.717, 1.165) is 18.2 Å². The number of fused-ring (bicyclic) bond motifs is 3. The van der Waals surface area contributed by atoms with Crippen molar-refractivity contribution in [3.8, 4) is 0 Å². The van der Waals surface area contributed by atoms with Crippen LogP contribution in [0.2, 0.25) is 0 Å². The van der Waals surface area contributed by atoms with E-state index in [-0.39, 0.29) is 0 Å². The van der Waals surface area contributed by atoms with Gasteiger partial charge in [-0.1, -0.05) is 0 Å². The molecular formula is C12H19N3S. The summed E-state index contributed by atoms with van der Waals surface area (Å²) in [5.74, 6) is 0.908. The van der Waals surface area contributed by atoms with Gasteiger partial charge in [0, 0.05) is 30.2 Å². The average molecular weight is 237 g/mol. The van der Waals surface area contributed by atoms with Crippen LogP contribution in [0.1, 0.15) is 23.5 Å². The molecule has 1 aromatic heterocycles. The van der Waals surface area contributed by atoms with Crippen molar-refractivity contribution in [3.63, 3.8) is 0 Å². The molecular weight excluding hydrogens is 218 g/mol. The number of aromatic nitrogens is 1. The fourth-order valence-corrected chi connectivity index (χ4v) is 3.62. The van der Waals surface area contributed by atoms with E-state index >= 15 is 0 Å². The van der Waals surface area contributed by atoms with Gasteiger partial charge in [0.05, 0.1) is 0 Å². The number of nitrogens with one attached hydrogen (secondary N) is 1. The summed E-state index contributed by atoms with van der Waals surface area (Å²) in [6.07, 6.45) is 2.77. The molecule has 16 heavy (non-hydrogen) atoms. The molecule has 0 unspecified atom stereocenters. The number of nitrogens with zero attached hydrogens (tertiary/aromatic N) is 2. The monoisotopic (exact) mass is 237 g/mol. The van der Waals surface area contributed by atoms with Gasteiger partial charge in [-0.25, -0.2) is 4.98 Å². The van der Waals surface area contributed by atoms with E-state index in [1.54, 1.807) is 11.3 Å². The molecule has 0 amide bonds. The Morgan fingerprint density at radius 1 is 1.50 bits per heavy atom. The third-order valence-electron chi connectivity index (χ3n) is 3.84. The largest absolute Gasteiger partial charge is 0.306 e. The Morgan fingerprint density at radius 3 is 2.88 bits per heavy atom. The second kappa shape index (κ2) is 4.43. The molecule has 0 spiro atoms. The first-order chi connectivity index (χ1) is 7.81. The van der Waals surface area contributed by atoms with Crippen molar-refractivity contribution < 1.29 is 0 Å². The molecule has 0 aliphatic carbocycles. The molecule has 3 nitrogen and oxygen atoms in total. The van der Waals surface area contributed by atoms with Crippen LogP contribution in [0.4, 0.5) is 0 Å². The normalized spacial score (nSPS) is 33.2. The van der Waals surface area contributed by atoms with Crippen LogP contribution >= 0.6 is 11.3 Å². The molecule has 1 N–H and O–H groups in total. The lowest BCUT2D eigenvalue weighted by molar-refractivity contribution is 0.0720. The lowest BCUT2D eigenvalue weighted by atomic mass is 9.84. The molecule has 4 heterocycles. The number of hydrogen-bond donors (Lipinski definition) is 1. The Morgan fingerprint density at radius 2 is 2.31 bits per heavy atom. The Bertz CT molecular complexity index is 355. The van der Waals surface area contributed by atoms with Crippen LogP contribution in [0.25, 0.3) is 0 Å². The van der Waals surface area contributed by atoms with Gasteiger partial charge in [0.1, 0.15) is 5.01 Å². The molecule has 4 rings (SSSR count). The smallest absolute Gasteiger partial charge is 0.107 e. The zero-order valence-electron chi connectivity index (χ0n) is 9.78. The Balaban J connectivity index is 1.55. The highest BCUT2D eigenvalue weighted by Crippen LogP contribution is 2.27. The van der Waals surface area contributed by atoms with E-state index in [1.807, 2.05) is 0 Å². The van der Waals surface area contributed by atoms with Crippen molar-refractivity contribution in [2.24, 2.45) is 5.92 Å². The van der Waals surface area contributed by atoms with Crippen LogP contribution in [0.5, 0.6) is 0 Å². The van der Waals surface area contributed by atoms with E-state index < -0.39 is 0 Å². The summed E-state index contributed by atoms with van der Waals surface area (Å²) in [5, 5.41) is 7.05. The van der Waals surface area contributed by atoms with Crippen molar-refractivity contribution in [1.29, 1.82) is 0 Å². The Hall–Kier alpha value is -0.450. The second-order valence-electron chi connectivity index (χ2n) is 5.01. The van der Waals surface area contributed by atoms with Crippen LogP contribution in [-0.2, 0) is 6.54 Å². The quantitative estimate of drug-likeness (QED) is 0.866. The van der Waals surface area contributed by atoms with Gasteiger partial charge in [-0.15, -0.1) is 11.3 Å². The van der Waals surface area contributed by atoms with Crippen molar-refractivity contribution in [2.45, 2.75) is 32.4 Å². The summed E-state index contributed by atoms with van der Waals surface area (Å²) in [6.45, 7) is 6.90. The maximum Gasteiger partial charge on any atom is 0.107 e. The number of rotatable bonds is 3. The molecule has 3 aliphatic heterocycles. The molecule has 1 aromatic rings. The van der Waals surface area contributed by atoms with E-state index in [2.05, 4.69) is 27.5 Å². The predicted octanol–water partition coefficient (Wildman–Crippen LogP) is 1.64. The van der Waals surface area contributed by atoms with Crippen LogP contribution in [0.15, 0.2) is 5.38 Å². The summed E-state index contributed by atoms with van der Waals surface area (Å²) in [4.78, 5) is 7.09. The molecule has 2 bridgehead atoms. The molecule has 3 fully saturated rings. The highest BCUT2D eigenvalue weighted by molar-refractivity contribution is 7.09. The standard InChI is InChI=1S/C12H19N3S/c1-9-8-16-12(14-9)6-13-11-7-15-4-2-10(11)3-5-15/h8,10-11,13H,2-7H2,1H3/t11-/m0/s1. The van der Waals surface area contributed by atoms with Crippen molar-refractivity contribution in [3.05, 3.63) is 16.1 Å². The summed E-state index contributed by atoms with van der Waals surface area (Å²) in [7, 11) is 0. The van der Waals surface area contributed by atoms with Crippen LogP contribution in [0.3, 0.4) is 0 Å². The van der Waals surface area contributed by atoms with Gasteiger partial charge >= 0.3 is 0 Å². The van der Waals surface area contributed by atoms with Crippen molar-refractivity contribution >= 4 is 11.3 Å². The molecule has 4 heteroatoms. The van der Waals surface area contributed by atoms with Gasteiger partial charge in [-0.2, -0.15) is 0 Å². The number of aryl methyl sites for hydroxylation is 1. The molecule has 3 aliphatic rings. The van der Waals surface area contributed by atoms with Crippen molar-refractivity contribution in [2.75, 3.05) is 19.6 Å². The SMILES string of the molecule is Cc1csc(CN[C@H]2CN3CCC2CC3)n1. The molecule has 88 valence electrons. The summed E-state index contributed by atoms with van der Waals surface area (Å²) >= 11 is 1.77. The minimum atomic E-state index is 0.701. The first kappa shape index (κ1) is 10.7. The van der Waals surface area contributed by atoms with E-state index in [1.165, 1.54) is 37.5 Å². The number of thiazole rings is 1. The molecule has 0 radical (unpaired) electrons. The van der Waals surface area contributed by atoms with Gasteiger partial charge in [0.15, 0.2) is 0 Å². The zero-order chi connectivity index (χ0) is 11.0. The fraction of sp³-hybridized carbons (Fsp3) is 0.750. The fourth-order valence-electron chi connectivity index (χ4n) is 2.90. The van der Waals surface area contributed by atoms with Crippen LogP contribution in [-0.4, -0.2) is 35.6 Å². The van der Waals surface area contributed by atoms with E-state index in [4.69, 9.17) is 0 Å². The minimum Gasteiger partial charge on any atom is -0.306 e. The maximum absolute atomic E-state index is 4.50. The van der Waals surface area contributed by atoms with Gasteiger partial charge in [-0.05, 0) is 38.8 Å².